The molecule has 3 heterocycles. The molecular formula is C19H24N2O3. The van der Waals surface area contributed by atoms with Gasteiger partial charge in [0.2, 0.25) is 5.91 Å². The van der Waals surface area contributed by atoms with Gasteiger partial charge in [-0.2, -0.15) is 0 Å². The van der Waals surface area contributed by atoms with Crippen molar-refractivity contribution in [2.24, 2.45) is 0 Å². The lowest BCUT2D eigenvalue weighted by Gasteiger charge is -2.39. The highest BCUT2D eigenvalue weighted by Gasteiger charge is 2.32. The lowest BCUT2D eigenvalue weighted by Crippen LogP contribution is -2.51. The fraction of sp³-hybridized carbons (Fsp3) is 0.526. The van der Waals surface area contributed by atoms with E-state index < -0.39 is 0 Å². The fourth-order valence-electron chi connectivity index (χ4n) is 3.89. The zero-order valence-electron chi connectivity index (χ0n) is 14.1. The standard InChI is InChI=1S/C19H24N2O3/c1-14-9-19(22)21(10-14)15-5-4-8-20(11-15)12-16-13-23-17-6-2-3-7-18(17)24-16/h2-3,6-7,9,15-16H,4-5,8,10-13H2,1H3/t15-,16-/m0/s1. The summed E-state index contributed by atoms with van der Waals surface area (Å²) in [5.41, 5.74) is 1.16. The summed E-state index contributed by atoms with van der Waals surface area (Å²) in [4.78, 5) is 16.5. The number of ether oxygens (including phenoxy) is 2. The number of nitrogens with zero attached hydrogens (tertiary/aromatic N) is 2. The molecule has 0 aromatic heterocycles. The molecule has 3 aliphatic rings. The number of benzene rings is 1. The van der Waals surface area contributed by atoms with E-state index in [2.05, 4.69) is 4.90 Å². The molecule has 0 bridgehead atoms. The summed E-state index contributed by atoms with van der Waals surface area (Å²) < 4.78 is 11.9. The number of amides is 1. The Hall–Kier alpha value is -2.01. The summed E-state index contributed by atoms with van der Waals surface area (Å²) in [6.07, 6.45) is 4.03. The SMILES string of the molecule is CC1=CC(=O)N([C@H]2CCCN(C[C@H]3COc4ccccc4O3)C2)C1. The molecule has 1 amide bonds. The maximum absolute atomic E-state index is 12.1. The molecule has 128 valence electrons. The number of hydrogen-bond acceptors (Lipinski definition) is 4. The van der Waals surface area contributed by atoms with Crippen molar-refractivity contribution >= 4 is 5.91 Å². The Morgan fingerprint density at radius 2 is 2.08 bits per heavy atom. The van der Waals surface area contributed by atoms with Crippen LogP contribution >= 0.6 is 0 Å². The summed E-state index contributed by atoms with van der Waals surface area (Å²) in [5.74, 6) is 1.83. The lowest BCUT2D eigenvalue weighted by molar-refractivity contribution is -0.127. The molecule has 2 atom stereocenters. The third-order valence-electron chi connectivity index (χ3n) is 5.02. The van der Waals surface area contributed by atoms with Crippen LogP contribution in [0.3, 0.4) is 0 Å². The van der Waals surface area contributed by atoms with Crippen LogP contribution in [-0.4, -0.2) is 60.6 Å². The van der Waals surface area contributed by atoms with Crippen LogP contribution < -0.4 is 9.47 Å². The normalized spacial score (nSPS) is 27.3. The maximum Gasteiger partial charge on any atom is 0.247 e. The van der Waals surface area contributed by atoms with Gasteiger partial charge in [0.05, 0.1) is 0 Å². The second kappa shape index (κ2) is 6.48. The second-order valence-electron chi connectivity index (χ2n) is 7.01. The van der Waals surface area contributed by atoms with E-state index in [-0.39, 0.29) is 12.0 Å². The Kier molecular flexibility index (Phi) is 4.19. The molecule has 5 nitrogen and oxygen atoms in total. The first kappa shape index (κ1) is 15.5. The summed E-state index contributed by atoms with van der Waals surface area (Å²) in [6, 6.07) is 8.14. The Morgan fingerprint density at radius 1 is 1.25 bits per heavy atom. The van der Waals surface area contributed by atoms with Crippen molar-refractivity contribution in [2.75, 3.05) is 32.8 Å². The van der Waals surface area contributed by atoms with Gasteiger partial charge >= 0.3 is 0 Å². The van der Waals surface area contributed by atoms with E-state index in [1.807, 2.05) is 36.1 Å². The summed E-state index contributed by atoms with van der Waals surface area (Å²) >= 11 is 0. The largest absolute Gasteiger partial charge is 0.486 e. The quantitative estimate of drug-likeness (QED) is 0.852. The lowest BCUT2D eigenvalue weighted by atomic mass is 10.0. The van der Waals surface area contributed by atoms with Crippen molar-refractivity contribution in [3.63, 3.8) is 0 Å². The molecule has 1 fully saturated rings. The fourth-order valence-corrected chi connectivity index (χ4v) is 3.89. The molecule has 0 radical (unpaired) electrons. The van der Waals surface area contributed by atoms with E-state index in [0.29, 0.717) is 12.6 Å². The number of fused-ring (bicyclic) bond motifs is 1. The van der Waals surface area contributed by atoms with Gasteiger partial charge in [0.1, 0.15) is 12.7 Å². The van der Waals surface area contributed by atoms with Gasteiger partial charge in [-0.25, -0.2) is 0 Å². The zero-order chi connectivity index (χ0) is 16.5. The van der Waals surface area contributed by atoms with Gasteiger partial charge < -0.3 is 14.4 Å². The first-order valence-corrected chi connectivity index (χ1v) is 8.77. The first-order chi connectivity index (χ1) is 11.7. The summed E-state index contributed by atoms with van der Waals surface area (Å²) in [6.45, 7) is 6.23. The monoisotopic (exact) mass is 328 g/mol. The van der Waals surface area contributed by atoms with Crippen molar-refractivity contribution < 1.29 is 14.3 Å². The highest BCUT2D eigenvalue weighted by Crippen LogP contribution is 2.31. The van der Waals surface area contributed by atoms with Crippen LogP contribution in [0.4, 0.5) is 0 Å². The topological polar surface area (TPSA) is 42.0 Å². The van der Waals surface area contributed by atoms with Crippen LogP contribution in [0.5, 0.6) is 11.5 Å². The van der Waals surface area contributed by atoms with E-state index in [1.165, 1.54) is 0 Å². The molecule has 5 heteroatoms. The van der Waals surface area contributed by atoms with Gasteiger partial charge in [0.25, 0.3) is 0 Å². The third kappa shape index (κ3) is 3.13. The molecule has 0 spiro atoms. The molecule has 1 aromatic rings. The van der Waals surface area contributed by atoms with Gasteiger partial charge in [0.15, 0.2) is 11.5 Å². The summed E-state index contributed by atoms with van der Waals surface area (Å²) in [7, 11) is 0. The predicted octanol–water partition coefficient (Wildman–Crippen LogP) is 2.08. The first-order valence-electron chi connectivity index (χ1n) is 8.77. The number of likely N-dealkylation sites (tertiary alicyclic amines) is 1. The van der Waals surface area contributed by atoms with Gasteiger partial charge in [-0.3, -0.25) is 9.69 Å². The Morgan fingerprint density at radius 3 is 2.88 bits per heavy atom. The van der Waals surface area contributed by atoms with Crippen LogP contribution in [0.15, 0.2) is 35.9 Å². The second-order valence-corrected chi connectivity index (χ2v) is 7.01. The molecule has 0 aliphatic carbocycles. The van der Waals surface area contributed by atoms with E-state index in [4.69, 9.17) is 9.47 Å². The van der Waals surface area contributed by atoms with E-state index in [0.717, 1.165) is 56.1 Å². The molecule has 1 saturated heterocycles. The minimum Gasteiger partial charge on any atom is -0.486 e. The Balaban J connectivity index is 1.35. The number of rotatable bonds is 3. The van der Waals surface area contributed by atoms with Crippen molar-refractivity contribution in [3.05, 3.63) is 35.9 Å². The van der Waals surface area contributed by atoms with Crippen LogP contribution in [0.1, 0.15) is 19.8 Å². The van der Waals surface area contributed by atoms with Crippen molar-refractivity contribution in [1.82, 2.24) is 9.80 Å². The zero-order valence-corrected chi connectivity index (χ0v) is 14.1. The van der Waals surface area contributed by atoms with Gasteiger partial charge in [-0.05, 0) is 44.0 Å². The molecule has 3 aliphatic heterocycles. The van der Waals surface area contributed by atoms with Gasteiger partial charge in [0, 0.05) is 31.8 Å². The molecule has 1 aromatic carbocycles. The number of para-hydroxylation sites is 2. The molecule has 0 saturated carbocycles. The minimum atomic E-state index is 0.0489. The van der Waals surface area contributed by atoms with E-state index >= 15 is 0 Å². The van der Waals surface area contributed by atoms with Crippen molar-refractivity contribution in [1.29, 1.82) is 0 Å². The number of piperidine rings is 1. The minimum absolute atomic E-state index is 0.0489. The Labute approximate surface area is 142 Å². The van der Waals surface area contributed by atoms with E-state index in [1.54, 1.807) is 6.08 Å². The molecule has 24 heavy (non-hydrogen) atoms. The summed E-state index contributed by atoms with van der Waals surface area (Å²) in [5, 5.41) is 0. The van der Waals surface area contributed by atoms with Crippen molar-refractivity contribution in [2.45, 2.75) is 31.9 Å². The van der Waals surface area contributed by atoms with Crippen molar-refractivity contribution in [3.8, 4) is 11.5 Å². The molecule has 0 N–H and O–H groups in total. The van der Waals surface area contributed by atoms with Crippen LogP contribution in [0.2, 0.25) is 0 Å². The predicted molar refractivity (Wildman–Crippen MR) is 91.3 cm³/mol. The average Bonchev–Trinajstić information content (AvgIpc) is 2.93. The smallest absolute Gasteiger partial charge is 0.247 e. The van der Waals surface area contributed by atoms with Gasteiger partial charge in [-0.1, -0.05) is 12.1 Å². The van der Waals surface area contributed by atoms with E-state index in [9.17, 15) is 4.79 Å². The molecule has 0 unspecified atom stereocenters. The Bertz CT molecular complexity index is 658. The third-order valence-corrected chi connectivity index (χ3v) is 5.02. The van der Waals surface area contributed by atoms with Gasteiger partial charge in [-0.15, -0.1) is 0 Å². The number of carbonyl (C=O) groups is 1. The van der Waals surface area contributed by atoms with Crippen LogP contribution in [0, 0.1) is 0 Å². The molecule has 4 rings (SSSR count). The highest BCUT2D eigenvalue weighted by molar-refractivity contribution is 5.91. The van der Waals surface area contributed by atoms with Crippen LogP contribution in [-0.2, 0) is 4.79 Å². The average molecular weight is 328 g/mol. The number of carbonyl (C=O) groups excluding carboxylic acids is 1. The maximum atomic E-state index is 12.1. The van der Waals surface area contributed by atoms with Crippen LogP contribution in [0.25, 0.3) is 0 Å². The highest BCUT2D eigenvalue weighted by atomic mass is 16.6. The molecular weight excluding hydrogens is 304 g/mol. The number of hydrogen-bond donors (Lipinski definition) is 0.